The van der Waals surface area contributed by atoms with Crippen LogP contribution in [0.4, 0.5) is 0 Å². The van der Waals surface area contributed by atoms with E-state index in [1.54, 1.807) is 19.1 Å². The van der Waals surface area contributed by atoms with Crippen LogP contribution < -0.4 is 0 Å². The van der Waals surface area contributed by atoms with Gasteiger partial charge in [-0.1, -0.05) is 31.9 Å². The van der Waals surface area contributed by atoms with Crippen LogP contribution in [0.25, 0.3) is 0 Å². The highest BCUT2D eigenvalue weighted by Gasteiger charge is 2.14. The molecule has 1 aromatic rings. The maximum atomic E-state index is 11.6. The van der Waals surface area contributed by atoms with Gasteiger partial charge in [-0.3, -0.25) is 4.79 Å². The Morgan fingerprint density at radius 1 is 1.36 bits per heavy atom. The second-order valence-electron chi connectivity index (χ2n) is 2.87. The molecule has 2 nitrogen and oxygen atoms in total. The van der Waals surface area contributed by atoms with E-state index in [9.17, 15) is 4.79 Å². The molecular weight excluding hydrogens is 310 g/mol. The summed E-state index contributed by atoms with van der Waals surface area (Å²) in [5.41, 5.74) is 0.542. The first kappa shape index (κ1) is 11.4. The fourth-order valence-electron chi connectivity index (χ4n) is 1.00. The van der Waals surface area contributed by atoms with Crippen molar-refractivity contribution in [2.24, 2.45) is 5.92 Å². The van der Waals surface area contributed by atoms with E-state index in [1.807, 2.05) is 12.1 Å². The van der Waals surface area contributed by atoms with Crippen LogP contribution in [-0.2, 0) is 0 Å². The van der Waals surface area contributed by atoms with Gasteiger partial charge in [0.1, 0.15) is 5.92 Å². The average Bonchev–Trinajstić information content (AvgIpc) is 2.14. The molecule has 0 aliphatic carbocycles. The second kappa shape index (κ2) is 4.72. The zero-order valence-electron chi connectivity index (χ0n) is 7.42. The summed E-state index contributed by atoms with van der Waals surface area (Å²) in [4.78, 5) is 11.6. The first-order valence-electron chi connectivity index (χ1n) is 3.94. The minimum atomic E-state index is -0.601. The van der Waals surface area contributed by atoms with Crippen molar-refractivity contribution in [1.29, 1.82) is 5.26 Å². The van der Waals surface area contributed by atoms with Gasteiger partial charge in [0.05, 0.1) is 6.07 Å². The number of benzene rings is 1. The highest BCUT2D eigenvalue weighted by atomic mass is 79.9. The van der Waals surface area contributed by atoms with E-state index in [1.165, 1.54) is 0 Å². The van der Waals surface area contributed by atoms with Crippen molar-refractivity contribution >= 4 is 37.6 Å². The molecule has 1 atom stereocenters. The number of hydrogen-bond acceptors (Lipinski definition) is 2. The number of rotatable bonds is 2. The number of Topliss-reactive ketones (excluding diaryl/α,β-unsaturated/α-hetero) is 1. The van der Waals surface area contributed by atoms with E-state index in [-0.39, 0.29) is 5.78 Å². The van der Waals surface area contributed by atoms with Crippen molar-refractivity contribution in [1.82, 2.24) is 0 Å². The summed E-state index contributed by atoms with van der Waals surface area (Å²) in [6, 6.07) is 7.18. The smallest absolute Gasteiger partial charge is 0.179 e. The van der Waals surface area contributed by atoms with Crippen LogP contribution in [0.3, 0.4) is 0 Å². The largest absolute Gasteiger partial charge is 0.293 e. The van der Waals surface area contributed by atoms with E-state index < -0.39 is 5.92 Å². The second-order valence-corrected chi connectivity index (χ2v) is 4.70. The predicted molar refractivity (Wildman–Crippen MR) is 60.9 cm³/mol. The molecule has 0 aliphatic heterocycles. The number of nitrogens with zero attached hydrogens (tertiary/aromatic N) is 1. The molecular formula is C10H7Br2NO. The third kappa shape index (κ3) is 2.66. The molecule has 0 aromatic heterocycles. The maximum absolute atomic E-state index is 11.6. The van der Waals surface area contributed by atoms with Crippen LogP contribution in [0.2, 0.25) is 0 Å². The standard InChI is InChI=1S/C10H7Br2NO/c1-6(5-13)10(14)7-2-8(11)4-9(12)3-7/h2-4,6H,1H3. The third-order valence-corrected chi connectivity index (χ3v) is 2.65. The summed E-state index contributed by atoms with van der Waals surface area (Å²) in [5.74, 6) is -0.759. The van der Waals surface area contributed by atoms with Gasteiger partial charge >= 0.3 is 0 Å². The Hall–Kier alpha value is -0.660. The SMILES string of the molecule is CC(C#N)C(=O)c1cc(Br)cc(Br)c1. The molecule has 0 fully saturated rings. The van der Waals surface area contributed by atoms with E-state index in [0.29, 0.717) is 5.56 Å². The van der Waals surface area contributed by atoms with Gasteiger partial charge in [-0.2, -0.15) is 5.26 Å². The van der Waals surface area contributed by atoms with Crippen LogP contribution >= 0.6 is 31.9 Å². The van der Waals surface area contributed by atoms with Gasteiger partial charge in [-0.25, -0.2) is 0 Å². The minimum Gasteiger partial charge on any atom is -0.293 e. The minimum absolute atomic E-state index is 0.158. The van der Waals surface area contributed by atoms with Crippen LogP contribution in [0, 0.1) is 17.2 Å². The molecule has 14 heavy (non-hydrogen) atoms. The highest BCUT2D eigenvalue weighted by molar-refractivity contribution is 9.11. The lowest BCUT2D eigenvalue weighted by atomic mass is 10.0. The Balaban J connectivity index is 3.09. The lowest BCUT2D eigenvalue weighted by Gasteiger charge is -2.03. The Bertz CT molecular complexity index is 389. The van der Waals surface area contributed by atoms with Gasteiger partial charge in [0.2, 0.25) is 0 Å². The molecule has 0 radical (unpaired) electrons. The number of carbonyl (C=O) groups excluding carboxylic acids is 1. The molecule has 72 valence electrons. The topological polar surface area (TPSA) is 40.9 Å². The van der Waals surface area contributed by atoms with Gasteiger partial charge in [-0.15, -0.1) is 0 Å². The Morgan fingerprint density at radius 2 is 1.86 bits per heavy atom. The van der Waals surface area contributed by atoms with E-state index in [4.69, 9.17) is 5.26 Å². The van der Waals surface area contributed by atoms with Crippen LogP contribution in [-0.4, -0.2) is 5.78 Å². The molecule has 0 amide bonds. The van der Waals surface area contributed by atoms with Gasteiger partial charge < -0.3 is 0 Å². The number of nitriles is 1. The molecule has 0 spiro atoms. The van der Waals surface area contributed by atoms with E-state index in [2.05, 4.69) is 31.9 Å². The van der Waals surface area contributed by atoms with Gasteiger partial charge in [0, 0.05) is 14.5 Å². The van der Waals surface area contributed by atoms with E-state index >= 15 is 0 Å². The van der Waals surface area contributed by atoms with Gasteiger partial charge in [0.25, 0.3) is 0 Å². The molecule has 1 unspecified atom stereocenters. The van der Waals surface area contributed by atoms with Crippen molar-refractivity contribution in [3.8, 4) is 6.07 Å². The molecule has 0 saturated heterocycles. The Morgan fingerprint density at radius 3 is 2.29 bits per heavy atom. The Kier molecular flexibility index (Phi) is 3.85. The molecule has 0 bridgehead atoms. The highest BCUT2D eigenvalue weighted by Crippen LogP contribution is 2.21. The molecule has 1 rings (SSSR count). The summed E-state index contributed by atoms with van der Waals surface area (Å²) in [5, 5.41) is 8.61. The van der Waals surface area contributed by atoms with Crippen molar-refractivity contribution in [3.05, 3.63) is 32.7 Å². The summed E-state index contributed by atoms with van der Waals surface area (Å²) in [6.45, 7) is 1.59. The summed E-state index contributed by atoms with van der Waals surface area (Å²) >= 11 is 6.57. The quantitative estimate of drug-likeness (QED) is 0.783. The molecule has 0 aliphatic rings. The number of ketones is 1. The maximum Gasteiger partial charge on any atom is 0.179 e. The lowest BCUT2D eigenvalue weighted by molar-refractivity contribution is 0.0956. The van der Waals surface area contributed by atoms with Crippen LogP contribution in [0.1, 0.15) is 17.3 Å². The van der Waals surface area contributed by atoms with Gasteiger partial charge in [-0.05, 0) is 25.1 Å². The van der Waals surface area contributed by atoms with Gasteiger partial charge in [0.15, 0.2) is 5.78 Å². The third-order valence-electron chi connectivity index (χ3n) is 1.73. The average molecular weight is 317 g/mol. The first-order valence-corrected chi connectivity index (χ1v) is 5.53. The molecule has 0 heterocycles. The molecule has 1 aromatic carbocycles. The Labute approximate surface area is 99.2 Å². The predicted octanol–water partition coefficient (Wildman–Crippen LogP) is 3.55. The van der Waals surface area contributed by atoms with E-state index in [0.717, 1.165) is 8.95 Å². The first-order chi connectivity index (χ1) is 6.54. The zero-order chi connectivity index (χ0) is 10.7. The molecule has 4 heteroatoms. The molecule has 0 N–H and O–H groups in total. The van der Waals surface area contributed by atoms with Crippen molar-refractivity contribution in [2.45, 2.75) is 6.92 Å². The van der Waals surface area contributed by atoms with Crippen LogP contribution in [0.15, 0.2) is 27.1 Å². The fourth-order valence-corrected chi connectivity index (χ4v) is 2.30. The van der Waals surface area contributed by atoms with Crippen molar-refractivity contribution < 1.29 is 4.79 Å². The van der Waals surface area contributed by atoms with Crippen molar-refractivity contribution in [3.63, 3.8) is 0 Å². The zero-order valence-corrected chi connectivity index (χ0v) is 10.6. The summed E-state index contributed by atoms with van der Waals surface area (Å²) in [7, 11) is 0. The monoisotopic (exact) mass is 315 g/mol. The normalized spacial score (nSPS) is 11.9. The number of hydrogen-bond donors (Lipinski definition) is 0. The number of carbonyl (C=O) groups is 1. The number of halogens is 2. The summed E-state index contributed by atoms with van der Waals surface area (Å²) in [6.07, 6.45) is 0. The fraction of sp³-hybridized carbons (Fsp3) is 0.200. The lowest BCUT2D eigenvalue weighted by Crippen LogP contribution is -2.08. The molecule has 0 saturated carbocycles. The van der Waals surface area contributed by atoms with Crippen molar-refractivity contribution in [2.75, 3.05) is 0 Å². The van der Waals surface area contributed by atoms with Crippen LogP contribution in [0.5, 0.6) is 0 Å². The summed E-state index contributed by atoms with van der Waals surface area (Å²) < 4.78 is 1.64.